The van der Waals surface area contributed by atoms with Gasteiger partial charge in [-0.3, -0.25) is 4.79 Å². The van der Waals surface area contributed by atoms with Crippen molar-refractivity contribution in [1.82, 2.24) is 0 Å². The molecule has 0 fully saturated rings. The Hall–Kier alpha value is -3.42. The van der Waals surface area contributed by atoms with E-state index in [2.05, 4.69) is 5.32 Å². The highest BCUT2D eigenvalue weighted by atomic mass is 16.5. The largest absolute Gasteiger partial charge is 0.507 e. The maximum Gasteiger partial charge on any atom is 0.342 e. The van der Waals surface area contributed by atoms with Gasteiger partial charge in [-0.05, 0) is 38.1 Å². The zero-order valence-electron chi connectivity index (χ0n) is 16.0. The lowest BCUT2D eigenvalue weighted by Gasteiger charge is -2.14. The quantitative estimate of drug-likeness (QED) is 0.636. The Labute approximate surface area is 163 Å². The van der Waals surface area contributed by atoms with Crippen LogP contribution in [-0.4, -0.2) is 43.9 Å². The minimum atomic E-state index is -0.830. The maximum absolute atomic E-state index is 12.2. The Morgan fingerprint density at radius 1 is 1.00 bits per heavy atom. The van der Waals surface area contributed by atoms with Gasteiger partial charge in [-0.1, -0.05) is 0 Å². The summed E-state index contributed by atoms with van der Waals surface area (Å²) in [4.78, 5) is 24.3. The molecule has 1 amide bonds. The van der Waals surface area contributed by atoms with Crippen molar-refractivity contribution in [3.8, 4) is 23.0 Å². The SMILES string of the molecule is CCOc1ccc(OCC)c(NC(=O)COC(=O)c2ccc(OC)cc2O)c1. The summed E-state index contributed by atoms with van der Waals surface area (Å²) in [5.74, 6) is -0.253. The molecule has 0 aromatic heterocycles. The van der Waals surface area contributed by atoms with Gasteiger partial charge < -0.3 is 29.4 Å². The highest BCUT2D eigenvalue weighted by Crippen LogP contribution is 2.29. The Bertz CT molecular complexity index is 835. The van der Waals surface area contributed by atoms with Crippen molar-refractivity contribution in [3.05, 3.63) is 42.0 Å². The average molecular weight is 389 g/mol. The van der Waals surface area contributed by atoms with Crippen LogP contribution in [0.3, 0.4) is 0 Å². The molecule has 0 aliphatic carbocycles. The summed E-state index contributed by atoms with van der Waals surface area (Å²) in [5, 5.41) is 12.5. The minimum absolute atomic E-state index is 0.0676. The van der Waals surface area contributed by atoms with E-state index in [1.54, 1.807) is 18.2 Å². The van der Waals surface area contributed by atoms with Crippen molar-refractivity contribution >= 4 is 17.6 Å². The van der Waals surface area contributed by atoms with Crippen molar-refractivity contribution < 1.29 is 33.6 Å². The molecule has 0 heterocycles. The van der Waals surface area contributed by atoms with Gasteiger partial charge in [0.1, 0.15) is 28.6 Å². The van der Waals surface area contributed by atoms with Crippen LogP contribution >= 0.6 is 0 Å². The Kier molecular flexibility index (Phi) is 7.50. The highest BCUT2D eigenvalue weighted by molar-refractivity contribution is 5.97. The molecular weight excluding hydrogens is 366 g/mol. The summed E-state index contributed by atoms with van der Waals surface area (Å²) < 4.78 is 20.8. The molecule has 0 aliphatic rings. The molecule has 28 heavy (non-hydrogen) atoms. The van der Waals surface area contributed by atoms with E-state index in [1.807, 2.05) is 13.8 Å². The first-order valence-corrected chi connectivity index (χ1v) is 8.72. The molecule has 0 spiro atoms. The molecule has 8 heteroatoms. The van der Waals surface area contributed by atoms with Crippen LogP contribution in [0.2, 0.25) is 0 Å². The number of ether oxygens (including phenoxy) is 4. The molecular formula is C20H23NO7. The summed E-state index contributed by atoms with van der Waals surface area (Å²) >= 11 is 0. The number of hydrogen-bond acceptors (Lipinski definition) is 7. The molecule has 2 aromatic carbocycles. The van der Waals surface area contributed by atoms with Crippen LogP contribution < -0.4 is 19.5 Å². The monoisotopic (exact) mass is 389 g/mol. The van der Waals surface area contributed by atoms with Gasteiger partial charge in [0.25, 0.3) is 5.91 Å². The molecule has 8 nitrogen and oxygen atoms in total. The molecule has 150 valence electrons. The first kappa shape index (κ1) is 20.9. The van der Waals surface area contributed by atoms with Gasteiger partial charge in [-0.2, -0.15) is 0 Å². The number of methoxy groups -OCH3 is 1. The van der Waals surface area contributed by atoms with Gasteiger partial charge >= 0.3 is 5.97 Å². The van der Waals surface area contributed by atoms with Crippen molar-refractivity contribution in [3.63, 3.8) is 0 Å². The number of nitrogens with one attached hydrogen (secondary N) is 1. The summed E-state index contributed by atoms with van der Waals surface area (Å²) in [6.45, 7) is 4.04. The number of carbonyl (C=O) groups is 2. The molecule has 0 bridgehead atoms. The third-order valence-electron chi connectivity index (χ3n) is 3.60. The second kappa shape index (κ2) is 10.1. The van der Waals surface area contributed by atoms with Gasteiger partial charge in [0.2, 0.25) is 0 Å². The van der Waals surface area contributed by atoms with E-state index in [-0.39, 0.29) is 11.3 Å². The molecule has 2 rings (SSSR count). The molecule has 0 atom stereocenters. The van der Waals surface area contributed by atoms with E-state index in [0.29, 0.717) is 36.1 Å². The van der Waals surface area contributed by atoms with E-state index in [4.69, 9.17) is 18.9 Å². The van der Waals surface area contributed by atoms with Gasteiger partial charge in [0.15, 0.2) is 6.61 Å². The number of hydrogen-bond donors (Lipinski definition) is 2. The summed E-state index contributed by atoms with van der Waals surface area (Å²) in [6.07, 6.45) is 0. The summed E-state index contributed by atoms with van der Waals surface area (Å²) in [7, 11) is 1.44. The van der Waals surface area contributed by atoms with E-state index in [1.165, 1.54) is 25.3 Å². The van der Waals surface area contributed by atoms with E-state index < -0.39 is 18.5 Å². The fourth-order valence-corrected chi connectivity index (χ4v) is 2.35. The van der Waals surface area contributed by atoms with Gasteiger partial charge in [-0.25, -0.2) is 4.79 Å². The van der Waals surface area contributed by atoms with Crippen molar-refractivity contribution in [2.45, 2.75) is 13.8 Å². The molecule has 0 saturated carbocycles. The number of aromatic hydroxyl groups is 1. The topological polar surface area (TPSA) is 103 Å². The molecule has 0 radical (unpaired) electrons. The van der Waals surface area contributed by atoms with Gasteiger partial charge in [-0.15, -0.1) is 0 Å². The van der Waals surface area contributed by atoms with Gasteiger partial charge in [0, 0.05) is 12.1 Å². The molecule has 0 aliphatic heterocycles. The van der Waals surface area contributed by atoms with Crippen LogP contribution in [0.15, 0.2) is 36.4 Å². The fraction of sp³-hybridized carbons (Fsp3) is 0.300. The summed E-state index contributed by atoms with van der Waals surface area (Å²) in [5.41, 5.74) is 0.336. The second-order valence-corrected chi connectivity index (χ2v) is 5.53. The van der Waals surface area contributed by atoms with Crippen molar-refractivity contribution in [2.75, 3.05) is 32.2 Å². The fourth-order valence-electron chi connectivity index (χ4n) is 2.35. The number of rotatable bonds is 9. The molecule has 2 N–H and O–H groups in total. The number of phenols is 1. The Balaban J connectivity index is 2.01. The first-order chi connectivity index (χ1) is 13.5. The third kappa shape index (κ3) is 5.54. The average Bonchev–Trinajstić information content (AvgIpc) is 2.68. The van der Waals surface area contributed by atoms with Crippen LogP contribution in [0.1, 0.15) is 24.2 Å². The first-order valence-electron chi connectivity index (χ1n) is 8.72. The minimum Gasteiger partial charge on any atom is -0.507 e. The van der Waals surface area contributed by atoms with Crippen LogP contribution in [0.4, 0.5) is 5.69 Å². The number of phenolic OH excluding ortho intramolecular Hbond substituents is 1. The number of amides is 1. The van der Waals surface area contributed by atoms with E-state index in [0.717, 1.165) is 0 Å². The molecule has 0 unspecified atom stereocenters. The number of esters is 1. The normalized spacial score (nSPS) is 10.1. The van der Waals surface area contributed by atoms with Crippen LogP contribution in [-0.2, 0) is 9.53 Å². The second-order valence-electron chi connectivity index (χ2n) is 5.53. The zero-order valence-corrected chi connectivity index (χ0v) is 16.0. The van der Waals surface area contributed by atoms with Crippen molar-refractivity contribution in [1.29, 1.82) is 0 Å². The Morgan fingerprint density at radius 2 is 1.71 bits per heavy atom. The summed E-state index contributed by atoms with van der Waals surface area (Å²) in [6, 6.07) is 9.19. The molecule has 2 aromatic rings. The van der Waals surface area contributed by atoms with Crippen molar-refractivity contribution in [2.24, 2.45) is 0 Å². The third-order valence-corrected chi connectivity index (χ3v) is 3.60. The predicted octanol–water partition coefficient (Wildman–Crippen LogP) is 2.99. The zero-order chi connectivity index (χ0) is 20.5. The number of anilines is 1. The molecule has 0 saturated heterocycles. The lowest BCUT2D eigenvalue weighted by molar-refractivity contribution is -0.119. The Morgan fingerprint density at radius 3 is 2.36 bits per heavy atom. The van der Waals surface area contributed by atoms with E-state index >= 15 is 0 Å². The predicted molar refractivity (Wildman–Crippen MR) is 102 cm³/mol. The van der Waals surface area contributed by atoms with E-state index in [9.17, 15) is 14.7 Å². The van der Waals surface area contributed by atoms with Crippen LogP contribution in [0.5, 0.6) is 23.0 Å². The lowest BCUT2D eigenvalue weighted by Crippen LogP contribution is -2.21. The lowest BCUT2D eigenvalue weighted by atomic mass is 10.2. The van der Waals surface area contributed by atoms with Crippen LogP contribution in [0.25, 0.3) is 0 Å². The van der Waals surface area contributed by atoms with Crippen LogP contribution in [0, 0.1) is 0 Å². The smallest absolute Gasteiger partial charge is 0.342 e. The number of carbonyl (C=O) groups excluding carboxylic acids is 2. The number of benzene rings is 2. The van der Waals surface area contributed by atoms with Gasteiger partial charge in [0.05, 0.1) is 26.0 Å². The highest BCUT2D eigenvalue weighted by Gasteiger charge is 2.16. The maximum atomic E-state index is 12.2. The standard InChI is InChI=1S/C20H23NO7/c1-4-26-14-7-9-18(27-5-2)16(10-14)21-19(23)12-28-20(24)15-8-6-13(25-3)11-17(15)22/h6-11,22H,4-5,12H2,1-3H3,(H,21,23).